The van der Waals surface area contributed by atoms with Crippen LogP contribution in [0.2, 0.25) is 0 Å². The quantitative estimate of drug-likeness (QED) is 0.431. The van der Waals surface area contributed by atoms with E-state index in [9.17, 15) is 9.90 Å². The highest BCUT2D eigenvalue weighted by Gasteiger charge is 2.11. The molecule has 1 aliphatic heterocycles. The first-order valence-corrected chi connectivity index (χ1v) is 2.20. The number of dihydropyridines is 1. The molecular formula is C5H4NO2. The number of carbonyl (C=O) groups excluding carboxylic acids is 1. The maximum Gasteiger partial charge on any atom is 0.244 e. The van der Waals surface area contributed by atoms with Crippen molar-refractivity contribution in [3.8, 4) is 0 Å². The highest BCUT2D eigenvalue weighted by atomic mass is 16.3. The molecule has 1 rings (SSSR count). The number of rotatable bonds is 0. The molecule has 0 saturated carbocycles. The Labute approximate surface area is 46.4 Å². The smallest absolute Gasteiger partial charge is 0.244 e. The molecular weight excluding hydrogens is 106 g/mol. The minimum Gasteiger partial charge on any atom is -0.290 e. The summed E-state index contributed by atoms with van der Waals surface area (Å²) in [4.78, 5) is 13.6. The zero-order valence-corrected chi connectivity index (χ0v) is 4.07. The molecule has 1 aliphatic rings. The van der Waals surface area contributed by atoms with E-state index in [2.05, 4.69) is 4.99 Å². The van der Waals surface area contributed by atoms with Crippen molar-refractivity contribution in [3.05, 3.63) is 12.2 Å². The van der Waals surface area contributed by atoms with E-state index >= 15 is 0 Å². The lowest BCUT2D eigenvalue weighted by Crippen LogP contribution is -2.15. The number of nitrogens with zero attached hydrogens (tertiary/aromatic N) is 1. The summed E-state index contributed by atoms with van der Waals surface area (Å²) in [7, 11) is 0. The van der Waals surface area contributed by atoms with Crippen LogP contribution < -0.4 is 0 Å². The molecule has 41 valence electrons. The molecule has 0 N–H and O–H groups in total. The summed E-state index contributed by atoms with van der Waals surface area (Å²) in [6, 6.07) is 0. The summed E-state index contributed by atoms with van der Waals surface area (Å²) in [6.07, 6.45) is 2.61. The van der Waals surface area contributed by atoms with Gasteiger partial charge in [-0.05, 0) is 12.2 Å². The van der Waals surface area contributed by atoms with E-state index < -0.39 is 12.0 Å². The second-order valence-electron chi connectivity index (χ2n) is 1.41. The summed E-state index contributed by atoms with van der Waals surface area (Å²) in [5, 5.41) is 10.3. The molecule has 1 heterocycles. The third-order valence-electron chi connectivity index (χ3n) is 0.811. The number of carbonyl (C=O) groups is 1. The van der Waals surface area contributed by atoms with Crippen molar-refractivity contribution in [2.45, 2.75) is 6.23 Å². The van der Waals surface area contributed by atoms with Crippen molar-refractivity contribution in [1.29, 1.82) is 0 Å². The molecule has 3 heteroatoms. The third-order valence-corrected chi connectivity index (χ3v) is 0.811. The minimum absolute atomic E-state index is 0.465. The summed E-state index contributed by atoms with van der Waals surface area (Å²) in [5.41, 5.74) is 0. The topological polar surface area (TPSA) is 49.3 Å². The molecule has 1 unspecified atom stereocenters. The van der Waals surface area contributed by atoms with Gasteiger partial charge in [-0.2, -0.15) is 5.11 Å². The van der Waals surface area contributed by atoms with Crippen LogP contribution in [0.15, 0.2) is 17.1 Å². The van der Waals surface area contributed by atoms with Crippen molar-refractivity contribution in [1.82, 2.24) is 0 Å². The zero-order valence-electron chi connectivity index (χ0n) is 4.07. The van der Waals surface area contributed by atoms with E-state index in [-0.39, 0.29) is 0 Å². The zero-order chi connectivity index (χ0) is 5.98. The molecule has 0 aromatic heterocycles. The van der Waals surface area contributed by atoms with Gasteiger partial charge in [0.15, 0.2) is 0 Å². The van der Waals surface area contributed by atoms with Gasteiger partial charge in [0.05, 0.1) is 0 Å². The van der Waals surface area contributed by atoms with Gasteiger partial charge in [0.25, 0.3) is 0 Å². The Kier molecular flexibility index (Phi) is 1.22. The molecule has 1 atom stereocenters. The Morgan fingerprint density at radius 1 is 1.62 bits per heavy atom. The van der Waals surface area contributed by atoms with Crippen LogP contribution in [0.25, 0.3) is 0 Å². The Bertz CT molecular complexity index is 160. The van der Waals surface area contributed by atoms with Crippen LogP contribution in [0.5, 0.6) is 0 Å². The molecule has 3 nitrogen and oxygen atoms in total. The largest absolute Gasteiger partial charge is 0.290 e. The third kappa shape index (κ3) is 0.816. The molecule has 8 heavy (non-hydrogen) atoms. The molecule has 0 saturated heterocycles. The molecule has 0 aromatic carbocycles. The second kappa shape index (κ2) is 1.88. The van der Waals surface area contributed by atoms with Crippen molar-refractivity contribution in [3.63, 3.8) is 0 Å². The van der Waals surface area contributed by atoms with Gasteiger partial charge in [0.1, 0.15) is 0 Å². The molecule has 0 bridgehead atoms. The Hall–Kier alpha value is -0.960. The summed E-state index contributed by atoms with van der Waals surface area (Å²) in [6.45, 7) is 0. The van der Waals surface area contributed by atoms with Crippen LogP contribution in [-0.2, 0) is 9.90 Å². The predicted octanol–water partition coefficient (Wildman–Crippen LogP) is -0.0473. The lowest BCUT2D eigenvalue weighted by Gasteiger charge is -1.97. The maximum atomic E-state index is 10.3. The van der Waals surface area contributed by atoms with E-state index in [1.165, 1.54) is 18.4 Å². The Morgan fingerprint density at radius 2 is 2.38 bits per heavy atom. The van der Waals surface area contributed by atoms with E-state index in [0.717, 1.165) is 0 Å². The average Bonchev–Trinajstić information content (AvgIpc) is 1.77. The fourth-order valence-corrected chi connectivity index (χ4v) is 0.422. The van der Waals surface area contributed by atoms with Gasteiger partial charge in [-0.3, -0.25) is 9.79 Å². The van der Waals surface area contributed by atoms with Crippen LogP contribution in [0, 0.1) is 0 Å². The highest BCUT2D eigenvalue weighted by molar-refractivity contribution is 5.99. The summed E-state index contributed by atoms with van der Waals surface area (Å²) in [5.74, 6) is -0.465. The molecule has 0 spiro atoms. The second-order valence-corrected chi connectivity index (χ2v) is 1.41. The lowest BCUT2D eigenvalue weighted by molar-refractivity contribution is -0.124. The van der Waals surface area contributed by atoms with E-state index in [1.807, 2.05) is 0 Å². The normalized spacial score (nSPS) is 26.6. The Morgan fingerprint density at radius 3 is 2.75 bits per heavy atom. The SMILES string of the molecule is [O]C1N=CC=CC1=O. The van der Waals surface area contributed by atoms with Gasteiger partial charge in [-0.25, -0.2) is 0 Å². The maximum absolute atomic E-state index is 10.3. The summed E-state index contributed by atoms with van der Waals surface area (Å²) < 4.78 is 0. The van der Waals surface area contributed by atoms with Crippen molar-refractivity contribution in [2.75, 3.05) is 0 Å². The number of hydrogen-bond donors (Lipinski definition) is 0. The van der Waals surface area contributed by atoms with Gasteiger partial charge in [0, 0.05) is 6.21 Å². The number of allylic oxidation sites excluding steroid dienone is 1. The number of hydrogen-bond acceptors (Lipinski definition) is 2. The lowest BCUT2D eigenvalue weighted by atomic mass is 10.3. The van der Waals surface area contributed by atoms with Gasteiger partial charge in [-0.15, -0.1) is 0 Å². The highest BCUT2D eigenvalue weighted by Crippen LogP contribution is 1.94. The van der Waals surface area contributed by atoms with E-state index in [4.69, 9.17) is 0 Å². The number of aliphatic imine (C=N–C) groups is 1. The summed E-state index contributed by atoms with van der Waals surface area (Å²) >= 11 is 0. The predicted molar refractivity (Wildman–Crippen MR) is 27.1 cm³/mol. The van der Waals surface area contributed by atoms with E-state index in [1.54, 1.807) is 0 Å². The average molecular weight is 110 g/mol. The molecule has 0 aliphatic carbocycles. The van der Waals surface area contributed by atoms with Crippen molar-refractivity contribution in [2.24, 2.45) is 4.99 Å². The first kappa shape index (κ1) is 5.18. The Balaban J connectivity index is 2.74. The van der Waals surface area contributed by atoms with Crippen LogP contribution in [0.1, 0.15) is 0 Å². The number of ketones is 1. The monoisotopic (exact) mass is 110 g/mol. The first-order valence-electron chi connectivity index (χ1n) is 2.20. The van der Waals surface area contributed by atoms with Gasteiger partial charge >= 0.3 is 0 Å². The van der Waals surface area contributed by atoms with Crippen molar-refractivity contribution >= 4 is 12.0 Å². The van der Waals surface area contributed by atoms with Crippen LogP contribution in [-0.4, -0.2) is 18.2 Å². The van der Waals surface area contributed by atoms with Gasteiger partial charge in [0.2, 0.25) is 12.0 Å². The van der Waals surface area contributed by atoms with Crippen molar-refractivity contribution < 1.29 is 9.90 Å². The standard InChI is InChI=1S/C5H4NO2/c7-4-2-1-3-6-5(4)8/h1-3,5H. The molecule has 0 amide bonds. The fraction of sp³-hybridized carbons (Fsp3) is 0.200. The van der Waals surface area contributed by atoms with Crippen LogP contribution >= 0.6 is 0 Å². The van der Waals surface area contributed by atoms with Crippen LogP contribution in [0.3, 0.4) is 0 Å². The minimum atomic E-state index is -1.40. The molecule has 1 radical (unpaired) electrons. The van der Waals surface area contributed by atoms with Gasteiger partial charge in [-0.1, -0.05) is 0 Å². The fourth-order valence-electron chi connectivity index (χ4n) is 0.422. The van der Waals surface area contributed by atoms with Crippen LogP contribution in [0.4, 0.5) is 0 Å². The van der Waals surface area contributed by atoms with Gasteiger partial charge < -0.3 is 0 Å². The van der Waals surface area contributed by atoms with E-state index in [0.29, 0.717) is 0 Å². The molecule has 0 fully saturated rings. The first-order chi connectivity index (χ1) is 3.80. The molecule has 0 aromatic rings.